The zero-order chi connectivity index (χ0) is 11.5. The number of morpholine rings is 1. The summed E-state index contributed by atoms with van der Waals surface area (Å²) in [6, 6.07) is 1.98. The fourth-order valence-corrected chi connectivity index (χ4v) is 1.89. The van der Waals surface area contributed by atoms with Crippen LogP contribution in [0.5, 0.6) is 0 Å². The highest BCUT2D eigenvalue weighted by molar-refractivity contribution is 5.32. The van der Waals surface area contributed by atoms with Crippen molar-refractivity contribution in [1.29, 1.82) is 0 Å². The molecule has 2 N–H and O–H groups in total. The van der Waals surface area contributed by atoms with Crippen molar-refractivity contribution in [3.8, 4) is 0 Å². The number of ether oxygens (including phenoxy) is 1. The number of hydrogen-bond donors (Lipinski definition) is 1. The molecule has 1 aliphatic rings. The van der Waals surface area contributed by atoms with E-state index < -0.39 is 0 Å². The lowest BCUT2D eigenvalue weighted by Gasteiger charge is -2.32. The van der Waals surface area contributed by atoms with Crippen LogP contribution in [0, 0.1) is 13.8 Å². The van der Waals surface area contributed by atoms with Gasteiger partial charge in [0.05, 0.1) is 12.7 Å². The van der Waals surface area contributed by atoms with Crippen molar-refractivity contribution in [2.45, 2.75) is 20.0 Å². The van der Waals surface area contributed by atoms with Crippen molar-refractivity contribution in [2.75, 3.05) is 31.1 Å². The van der Waals surface area contributed by atoms with Gasteiger partial charge in [0.15, 0.2) is 0 Å². The van der Waals surface area contributed by atoms with Crippen LogP contribution in [0.4, 0.5) is 5.95 Å². The van der Waals surface area contributed by atoms with Gasteiger partial charge in [0, 0.05) is 31.0 Å². The normalized spacial score (nSPS) is 21.2. The highest BCUT2D eigenvalue weighted by atomic mass is 16.5. The van der Waals surface area contributed by atoms with Crippen molar-refractivity contribution >= 4 is 5.95 Å². The first-order valence-corrected chi connectivity index (χ1v) is 5.58. The van der Waals surface area contributed by atoms with Gasteiger partial charge in [-0.25, -0.2) is 9.97 Å². The molecule has 5 heteroatoms. The van der Waals surface area contributed by atoms with E-state index in [1.807, 2.05) is 19.9 Å². The van der Waals surface area contributed by atoms with Crippen molar-refractivity contribution < 1.29 is 4.74 Å². The summed E-state index contributed by atoms with van der Waals surface area (Å²) in [4.78, 5) is 11.0. The van der Waals surface area contributed by atoms with Crippen LogP contribution in [-0.2, 0) is 4.74 Å². The molecule has 1 aromatic rings. The molecule has 88 valence electrons. The summed E-state index contributed by atoms with van der Waals surface area (Å²) in [7, 11) is 0. The number of nitrogens with zero attached hydrogens (tertiary/aromatic N) is 3. The van der Waals surface area contributed by atoms with E-state index in [-0.39, 0.29) is 6.10 Å². The average Bonchev–Trinajstić information content (AvgIpc) is 2.28. The van der Waals surface area contributed by atoms with Crippen LogP contribution < -0.4 is 10.6 Å². The topological polar surface area (TPSA) is 64.3 Å². The average molecular weight is 222 g/mol. The molecule has 0 aliphatic carbocycles. The minimum absolute atomic E-state index is 0.0955. The van der Waals surface area contributed by atoms with Crippen molar-refractivity contribution in [3.63, 3.8) is 0 Å². The minimum Gasteiger partial charge on any atom is -0.373 e. The molecular formula is C11H18N4O. The molecular weight excluding hydrogens is 204 g/mol. The molecule has 2 rings (SSSR count). The van der Waals surface area contributed by atoms with Crippen molar-refractivity contribution in [1.82, 2.24) is 9.97 Å². The third kappa shape index (κ3) is 2.48. The number of aromatic nitrogens is 2. The Morgan fingerprint density at radius 1 is 1.44 bits per heavy atom. The summed E-state index contributed by atoms with van der Waals surface area (Å²) < 4.78 is 5.52. The van der Waals surface area contributed by atoms with Gasteiger partial charge in [-0.3, -0.25) is 0 Å². The second kappa shape index (κ2) is 4.76. The lowest BCUT2D eigenvalue weighted by Crippen LogP contribution is -2.46. The summed E-state index contributed by atoms with van der Waals surface area (Å²) in [6.07, 6.45) is 0.0955. The summed E-state index contributed by atoms with van der Waals surface area (Å²) in [5, 5.41) is 0. The molecule has 16 heavy (non-hydrogen) atoms. The van der Waals surface area contributed by atoms with Gasteiger partial charge < -0.3 is 15.4 Å². The van der Waals surface area contributed by atoms with Gasteiger partial charge in [-0.2, -0.15) is 0 Å². The second-order valence-corrected chi connectivity index (χ2v) is 4.13. The monoisotopic (exact) mass is 222 g/mol. The van der Waals surface area contributed by atoms with Gasteiger partial charge in [0.25, 0.3) is 0 Å². The Morgan fingerprint density at radius 3 is 2.75 bits per heavy atom. The van der Waals surface area contributed by atoms with E-state index in [1.165, 1.54) is 0 Å². The number of rotatable bonds is 2. The molecule has 5 nitrogen and oxygen atoms in total. The van der Waals surface area contributed by atoms with Gasteiger partial charge in [0.2, 0.25) is 5.95 Å². The predicted octanol–water partition coefficient (Wildman–Crippen LogP) is 0.257. The predicted molar refractivity (Wildman–Crippen MR) is 62.5 cm³/mol. The van der Waals surface area contributed by atoms with Crippen LogP contribution in [0.2, 0.25) is 0 Å². The molecule has 0 spiro atoms. The van der Waals surface area contributed by atoms with Crippen molar-refractivity contribution in [3.05, 3.63) is 17.5 Å². The summed E-state index contributed by atoms with van der Waals surface area (Å²) in [5.74, 6) is 0.791. The first kappa shape index (κ1) is 11.3. The van der Waals surface area contributed by atoms with Crippen molar-refractivity contribution in [2.24, 2.45) is 5.73 Å². The van der Waals surface area contributed by atoms with Crippen LogP contribution in [0.3, 0.4) is 0 Å². The standard InChI is InChI=1S/C11H18N4O/c1-8-5-9(2)14-11(13-8)15-3-4-16-10(6-12)7-15/h5,10H,3-4,6-7,12H2,1-2H3. The van der Waals surface area contributed by atoms with Crippen LogP contribution in [0.15, 0.2) is 6.07 Å². The number of aryl methyl sites for hydroxylation is 2. The Kier molecular flexibility index (Phi) is 3.36. The Balaban J connectivity index is 2.16. The SMILES string of the molecule is Cc1cc(C)nc(N2CCOC(CN)C2)n1. The fourth-order valence-electron chi connectivity index (χ4n) is 1.89. The van der Waals surface area contributed by atoms with Crippen LogP contribution >= 0.6 is 0 Å². The molecule has 1 aromatic heterocycles. The first-order chi connectivity index (χ1) is 7.69. The number of anilines is 1. The van der Waals surface area contributed by atoms with E-state index in [0.29, 0.717) is 13.2 Å². The maximum absolute atomic E-state index is 5.61. The van der Waals surface area contributed by atoms with Gasteiger partial charge in [-0.05, 0) is 19.9 Å². The molecule has 1 saturated heterocycles. The van der Waals surface area contributed by atoms with Crippen LogP contribution in [0.1, 0.15) is 11.4 Å². The summed E-state index contributed by atoms with van der Waals surface area (Å²) in [5.41, 5.74) is 7.61. The Hall–Kier alpha value is -1.20. The minimum atomic E-state index is 0.0955. The summed E-state index contributed by atoms with van der Waals surface area (Å²) >= 11 is 0. The van der Waals surface area contributed by atoms with Gasteiger partial charge in [-0.15, -0.1) is 0 Å². The van der Waals surface area contributed by atoms with Crippen LogP contribution in [0.25, 0.3) is 0 Å². The zero-order valence-corrected chi connectivity index (χ0v) is 9.81. The fraction of sp³-hybridized carbons (Fsp3) is 0.636. The Morgan fingerprint density at radius 2 is 2.12 bits per heavy atom. The third-order valence-corrected chi connectivity index (χ3v) is 2.65. The maximum Gasteiger partial charge on any atom is 0.225 e. The zero-order valence-electron chi connectivity index (χ0n) is 9.81. The smallest absolute Gasteiger partial charge is 0.225 e. The van der Waals surface area contributed by atoms with Gasteiger partial charge >= 0.3 is 0 Å². The molecule has 0 radical (unpaired) electrons. The van der Waals surface area contributed by atoms with E-state index in [0.717, 1.165) is 30.4 Å². The Labute approximate surface area is 95.6 Å². The lowest BCUT2D eigenvalue weighted by atomic mass is 10.3. The van der Waals surface area contributed by atoms with E-state index in [1.54, 1.807) is 0 Å². The molecule has 1 fully saturated rings. The molecule has 0 saturated carbocycles. The maximum atomic E-state index is 5.61. The quantitative estimate of drug-likeness (QED) is 0.777. The lowest BCUT2D eigenvalue weighted by molar-refractivity contribution is 0.0460. The molecule has 0 aromatic carbocycles. The molecule has 0 bridgehead atoms. The van der Waals surface area contributed by atoms with Crippen LogP contribution in [-0.4, -0.2) is 42.3 Å². The van der Waals surface area contributed by atoms with Gasteiger partial charge in [0.1, 0.15) is 0 Å². The largest absolute Gasteiger partial charge is 0.373 e. The third-order valence-electron chi connectivity index (χ3n) is 2.65. The Bertz CT molecular complexity index is 349. The number of hydrogen-bond acceptors (Lipinski definition) is 5. The summed E-state index contributed by atoms with van der Waals surface area (Å²) in [6.45, 7) is 6.82. The highest BCUT2D eigenvalue weighted by Gasteiger charge is 2.21. The molecule has 1 aliphatic heterocycles. The van der Waals surface area contributed by atoms with Gasteiger partial charge in [-0.1, -0.05) is 0 Å². The van der Waals surface area contributed by atoms with E-state index in [4.69, 9.17) is 10.5 Å². The second-order valence-electron chi connectivity index (χ2n) is 4.13. The molecule has 1 atom stereocenters. The molecule has 1 unspecified atom stereocenters. The highest BCUT2D eigenvalue weighted by Crippen LogP contribution is 2.13. The first-order valence-electron chi connectivity index (χ1n) is 5.58. The van der Waals surface area contributed by atoms with E-state index in [9.17, 15) is 0 Å². The number of nitrogens with two attached hydrogens (primary N) is 1. The molecule has 0 amide bonds. The van der Waals surface area contributed by atoms with E-state index >= 15 is 0 Å². The molecule has 2 heterocycles. The van der Waals surface area contributed by atoms with E-state index in [2.05, 4.69) is 14.9 Å².